The van der Waals surface area contributed by atoms with Gasteiger partial charge in [0.1, 0.15) is 11.5 Å². The van der Waals surface area contributed by atoms with E-state index in [0.717, 1.165) is 49.0 Å². The molecule has 0 radical (unpaired) electrons. The second-order valence-electron chi connectivity index (χ2n) is 6.66. The van der Waals surface area contributed by atoms with Crippen LogP contribution in [0.5, 0.6) is 11.5 Å². The third-order valence-electron chi connectivity index (χ3n) is 4.40. The number of ether oxygens (including phenoxy) is 1. The minimum atomic E-state index is 0.111. The Balaban J connectivity index is 0.000000970. The number of rotatable bonds is 7. The zero-order valence-electron chi connectivity index (χ0n) is 16.0. The summed E-state index contributed by atoms with van der Waals surface area (Å²) in [5.41, 5.74) is 3.42. The first-order valence-corrected chi connectivity index (χ1v) is 9.89. The van der Waals surface area contributed by atoms with Gasteiger partial charge >= 0.3 is 0 Å². The summed E-state index contributed by atoms with van der Waals surface area (Å²) in [6, 6.07) is 4.08. The van der Waals surface area contributed by atoms with Gasteiger partial charge in [0.2, 0.25) is 0 Å². The normalized spacial score (nSPS) is 16.5. The van der Waals surface area contributed by atoms with Crippen LogP contribution in [0.2, 0.25) is 0 Å². The van der Waals surface area contributed by atoms with Gasteiger partial charge in [0.25, 0.3) is 0 Å². The van der Waals surface area contributed by atoms with Crippen LogP contribution in [-0.4, -0.2) is 11.2 Å². The van der Waals surface area contributed by atoms with E-state index in [4.69, 9.17) is 16.3 Å². The van der Waals surface area contributed by atoms with Crippen molar-refractivity contribution in [3.8, 4) is 11.5 Å². The second-order valence-corrected chi connectivity index (χ2v) is 6.88. The summed E-state index contributed by atoms with van der Waals surface area (Å²) < 4.78 is 5.63. The maximum atomic E-state index is 10.5. The quantitative estimate of drug-likeness (QED) is 0.317. The summed E-state index contributed by atoms with van der Waals surface area (Å²) in [6.07, 6.45) is 11.9. The largest absolute Gasteiger partial charge is 0.507 e. The van der Waals surface area contributed by atoms with Crippen LogP contribution in [0.1, 0.15) is 76.3 Å². The molecule has 0 fully saturated rings. The van der Waals surface area contributed by atoms with Crippen molar-refractivity contribution in [2.75, 3.05) is 6.07 Å². The number of hydrogen-bond acceptors (Lipinski definition) is 2. The summed E-state index contributed by atoms with van der Waals surface area (Å²) in [6.45, 7) is 9.60. The van der Waals surface area contributed by atoms with Crippen LogP contribution in [0, 0.1) is 0 Å². The molecule has 0 spiro atoms. The number of hydrogen-bond donors (Lipinski definition) is 1. The van der Waals surface area contributed by atoms with Crippen LogP contribution in [0.3, 0.4) is 0 Å². The fraction of sp³-hybridized carbons (Fsp3) is 0.545. The minimum absolute atomic E-state index is 0.111. The van der Waals surface area contributed by atoms with Crippen molar-refractivity contribution in [1.29, 1.82) is 0 Å². The lowest BCUT2D eigenvalue weighted by atomic mass is 9.84. The van der Waals surface area contributed by atoms with Gasteiger partial charge in [-0.2, -0.15) is 0 Å². The molecular formula is C22H33ClO2. The van der Waals surface area contributed by atoms with Gasteiger partial charge in [0.15, 0.2) is 6.07 Å². The van der Waals surface area contributed by atoms with Gasteiger partial charge in [-0.1, -0.05) is 49.1 Å². The standard InChI is InChI=1S/C19H27ClO2.C3H6/c1-3-4-5-8-15-11-17(21)19(18(12-15)22-13-20)16-9-6-7-14(2)10-16;1-3-2/h10-12,16,21H,3-9,13H2,1-2H3;3H,1H2,2H3. The molecule has 0 saturated heterocycles. The Hall–Kier alpha value is -1.41. The molecule has 0 saturated carbocycles. The predicted molar refractivity (Wildman–Crippen MR) is 109 cm³/mol. The summed E-state index contributed by atoms with van der Waals surface area (Å²) in [5, 5.41) is 10.5. The molecule has 0 aromatic heterocycles. The average molecular weight is 365 g/mol. The number of benzene rings is 1. The first kappa shape index (κ1) is 21.6. The van der Waals surface area contributed by atoms with Gasteiger partial charge in [-0.3, -0.25) is 0 Å². The Bertz CT molecular complexity index is 563. The van der Waals surface area contributed by atoms with Crippen LogP contribution in [0.25, 0.3) is 0 Å². The molecule has 1 aromatic carbocycles. The van der Waals surface area contributed by atoms with E-state index in [9.17, 15) is 5.11 Å². The van der Waals surface area contributed by atoms with E-state index in [1.807, 2.05) is 13.0 Å². The Morgan fingerprint density at radius 1 is 1.36 bits per heavy atom. The van der Waals surface area contributed by atoms with Gasteiger partial charge < -0.3 is 9.84 Å². The number of allylic oxidation sites excluding steroid dienone is 3. The first-order chi connectivity index (χ1) is 12.1. The zero-order valence-corrected chi connectivity index (χ0v) is 16.7. The molecule has 1 aliphatic carbocycles. The van der Waals surface area contributed by atoms with Gasteiger partial charge in [-0.15, -0.1) is 6.58 Å². The van der Waals surface area contributed by atoms with Crippen LogP contribution in [0.15, 0.2) is 36.4 Å². The molecule has 0 bridgehead atoms. The van der Waals surface area contributed by atoms with Crippen molar-refractivity contribution in [3.63, 3.8) is 0 Å². The molecule has 2 nitrogen and oxygen atoms in total. The van der Waals surface area contributed by atoms with E-state index in [1.54, 1.807) is 6.08 Å². The fourth-order valence-corrected chi connectivity index (χ4v) is 3.40. The number of halogens is 1. The molecule has 3 heteroatoms. The molecule has 1 aromatic rings. The number of unbranched alkanes of at least 4 members (excludes halogenated alkanes) is 2. The molecule has 25 heavy (non-hydrogen) atoms. The summed E-state index contributed by atoms with van der Waals surface area (Å²) in [4.78, 5) is 0. The molecular weight excluding hydrogens is 332 g/mol. The molecule has 2 rings (SSSR count). The van der Waals surface area contributed by atoms with E-state index in [-0.39, 0.29) is 12.0 Å². The third-order valence-corrected chi connectivity index (χ3v) is 4.51. The highest BCUT2D eigenvalue weighted by Gasteiger charge is 2.22. The Labute approximate surface area is 158 Å². The number of alkyl halides is 1. The second kappa shape index (κ2) is 12.0. The lowest BCUT2D eigenvalue weighted by molar-refractivity contribution is 0.371. The van der Waals surface area contributed by atoms with E-state index >= 15 is 0 Å². The van der Waals surface area contributed by atoms with Crippen LogP contribution in [0.4, 0.5) is 0 Å². The maximum Gasteiger partial charge on any atom is 0.162 e. The monoisotopic (exact) mass is 364 g/mol. The molecule has 1 aliphatic rings. The Morgan fingerprint density at radius 2 is 2.08 bits per heavy atom. The molecule has 0 aliphatic heterocycles. The average Bonchev–Trinajstić information content (AvgIpc) is 2.56. The van der Waals surface area contributed by atoms with Crippen molar-refractivity contribution >= 4 is 11.6 Å². The lowest BCUT2D eigenvalue weighted by Crippen LogP contribution is -2.06. The Kier molecular flexibility index (Phi) is 10.4. The predicted octanol–water partition coefficient (Wildman–Crippen LogP) is 7.11. The van der Waals surface area contributed by atoms with Gasteiger partial charge in [0, 0.05) is 11.5 Å². The van der Waals surface area contributed by atoms with E-state index in [1.165, 1.54) is 18.4 Å². The highest BCUT2D eigenvalue weighted by molar-refractivity contribution is 6.17. The summed E-state index contributed by atoms with van der Waals surface area (Å²) >= 11 is 5.79. The van der Waals surface area contributed by atoms with Crippen LogP contribution >= 0.6 is 11.6 Å². The molecule has 1 N–H and O–H groups in total. The van der Waals surface area contributed by atoms with E-state index in [2.05, 4.69) is 32.6 Å². The van der Waals surface area contributed by atoms with Crippen LogP contribution < -0.4 is 4.74 Å². The lowest BCUT2D eigenvalue weighted by Gasteiger charge is -2.23. The zero-order chi connectivity index (χ0) is 18.7. The third kappa shape index (κ3) is 7.15. The summed E-state index contributed by atoms with van der Waals surface area (Å²) in [7, 11) is 0. The highest BCUT2D eigenvalue weighted by Crippen LogP contribution is 2.42. The van der Waals surface area contributed by atoms with Gasteiger partial charge in [-0.25, -0.2) is 0 Å². The highest BCUT2D eigenvalue weighted by atomic mass is 35.5. The van der Waals surface area contributed by atoms with Crippen molar-refractivity contribution in [1.82, 2.24) is 0 Å². The number of aryl methyl sites for hydroxylation is 1. The maximum absolute atomic E-state index is 10.5. The SMILES string of the molecule is C=CC.CCCCCc1cc(O)c(C2C=C(C)CCC2)c(OCCl)c1. The van der Waals surface area contributed by atoms with Crippen LogP contribution in [-0.2, 0) is 6.42 Å². The summed E-state index contributed by atoms with van der Waals surface area (Å²) in [5.74, 6) is 1.33. The Morgan fingerprint density at radius 3 is 2.68 bits per heavy atom. The van der Waals surface area contributed by atoms with Gasteiger partial charge in [-0.05, 0) is 63.6 Å². The molecule has 140 valence electrons. The number of phenols is 1. The van der Waals surface area contributed by atoms with Crippen molar-refractivity contribution in [3.05, 3.63) is 47.6 Å². The van der Waals surface area contributed by atoms with Crippen molar-refractivity contribution in [2.24, 2.45) is 0 Å². The molecule has 1 unspecified atom stereocenters. The molecule has 1 atom stereocenters. The van der Waals surface area contributed by atoms with Gasteiger partial charge in [0.05, 0.1) is 0 Å². The van der Waals surface area contributed by atoms with E-state index < -0.39 is 0 Å². The minimum Gasteiger partial charge on any atom is -0.507 e. The first-order valence-electron chi connectivity index (χ1n) is 9.36. The van der Waals surface area contributed by atoms with Crippen molar-refractivity contribution in [2.45, 2.75) is 71.6 Å². The topological polar surface area (TPSA) is 29.5 Å². The molecule has 0 heterocycles. The van der Waals surface area contributed by atoms with E-state index in [0.29, 0.717) is 5.75 Å². The smallest absolute Gasteiger partial charge is 0.162 e. The molecule has 0 amide bonds. The fourth-order valence-electron chi connectivity index (χ4n) is 3.28. The van der Waals surface area contributed by atoms with Crippen molar-refractivity contribution < 1.29 is 9.84 Å². The number of phenolic OH excluding ortho intramolecular Hbond substituents is 1. The number of aromatic hydroxyl groups is 1.